The molecule has 5 nitrogen and oxygen atoms in total. The Bertz CT molecular complexity index is 912. The number of hydrogen-bond donors (Lipinski definition) is 0. The zero-order valence-corrected chi connectivity index (χ0v) is 15.6. The minimum atomic E-state index is 0.759. The summed E-state index contributed by atoms with van der Waals surface area (Å²) in [5, 5.41) is 1.14. The highest BCUT2D eigenvalue weighted by molar-refractivity contribution is 5.91. The second-order valence-corrected chi connectivity index (χ2v) is 7.59. The molecule has 2 aromatic heterocycles. The SMILES string of the molecule is c1cncc(-c2nc(N3CCN(C4CCCC4)CC3)c3ccccc3n2)c1. The number of fused-ring (bicyclic) bond motifs is 1. The molecular formula is C22H25N5. The molecule has 5 rings (SSSR count). The van der Waals surface area contributed by atoms with Crippen LogP contribution < -0.4 is 4.90 Å². The maximum absolute atomic E-state index is 4.97. The van der Waals surface area contributed by atoms with Crippen LogP contribution in [0.2, 0.25) is 0 Å². The van der Waals surface area contributed by atoms with Gasteiger partial charge in [-0.1, -0.05) is 25.0 Å². The van der Waals surface area contributed by atoms with Crippen LogP contribution >= 0.6 is 0 Å². The number of nitrogens with zero attached hydrogens (tertiary/aromatic N) is 5. The predicted octanol–water partition coefficient (Wildman–Crippen LogP) is 3.76. The van der Waals surface area contributed by atoms with Gasteiger partial charge in [-0.3, -0.25) is 9.88 Å². The van der Waals surface area contributed by atoms with Gasteiger partial charge in [-0.15, -0.1) is 0 Å². The Morgan fingerprint density at radius 2 is 1.67 bits per heavy atom. The van der Waals surface area contributed by atoms with E-state index in [2.05, 4.69) is 33.0 Å². The second kappa shape index (κ2) is 7.24. The molecule has 3 aromatic rings. The smallest absolute Gasteiger partial charge is 0.163 e. The number of benzene rings is 1. The largest absolute Gasteiger partial charge is 0.353 e. The minimum absolute atomic E-state index is 0.759. The summed E-state index contributed by atoms with van der Waals surface area (Å²) in [6.07, 6.45) is 9.18. The molecule has 3 heterocycles. The highest BCUT2D eigenvalue weighted by atomic mass is 15.3. The Hall–Kier alpha value is -2.53. The van der Waals surface area contributed by atoms with Crippen molar-refractivity contribution in [2.45, 2.75) is 31.7 Å². The fourth-order valence-electron chi connectivity index (χ4n) is 4.49. The van der Waals surface area contributed by atoms with Crippen molar-refractivity contribution in [3.63, 3.8) is 0 Å². The molecular weight excluding hydrogens is 334 g/mol. The first kappa shape index (κ1) is 16.6. The molecule has 2 aliphatic rings. The van der Waals surface area contributed by atoms with Crippen LogP contribution in [0.15, 0.2) is 48.8 Å². The molecule has 1 saturated heterocycles. The summed E-state index contributed by atoms with van der Waals surface area (Å²) in [5.41, 5.74) is 1.97. The molecule has 27 heavy (non-hydrogen) atoms. The van der Waals surface area contributed by atoms with Gasteiger partial charge < -0.3 is 4.90 Å². The van der Waals surface area contributed by atoms with Gasteiger partial charge in [0.2, 0.25) is 0 Å². The molecule has 1 aliphatic carbocycles. The van der Waals surface area contributed by atoms with Gasteiger partial charge >= 0.3 is 0 Å². The van der Waals surface area contributed by atoms with E-state index >= 15 is 0 Å². The summed E-state index contributed by atoms with van der Waals surface area (Å²) < 4.78 is 0. The Kier molecular flexibility index (Phi) is 4.46. The van der Waals surface area contributed by atoms with E-state index in [0.29, 0.717) is 0 Å². The molecule has 0 radical (unpaired) electrons. The van der Waals surface area contributed by atoms with Crippen LogP contribution in [0.5, 0.6) is 0 Å². The van der Waals surface area contributed by atoms with Gasteiger partial charge in [-0.25, -0.2) is 9.97 Å². The summed E-state index contributed by atoms with van der Waals surface area (Å²) in [6, 6.07) is 13.1. The lowest BCUT2D eigenvalue weighted by Gasteiger charge is -2.39. The maximum atomic E-state index is 4.97. The van der Waals surface area contributed by atoms with Crippen LogP contribution in [0.25, 0.3) is 22.3 Å². The maximum Gasteiger partial charge on any atom is 0.163 e. The van der Waals surface area contributed by atoms with E-state index in [1.807, 2.05) is 24.4 Å². The van der Waals surface area contributed by atoms with Crippen LogP contribution in [0.4, 0.5) is 5.82 Å². The van der Waals surface area contributed by atoms with Gasteiger partial charge in [0.05, 0.1) is 5.52 Å². The summed E-state index contributed by atoms with van der Waals surface area (Å²) in [7, 11) is 0. The normalized spacial score (nSPS) is 19.0. The molecule has 5 heteroatoms. The van der Waals surface area contributed by atoms with E-state index in [-0.39, 0.29) is 0 Å². The first-order chi connectivity index (χ1) is 13.4. The van der Waals surface area contributed by atoms with Crippen molar-refractivity contribution in [3.05, 3.63) is 48.8 Å². The Balaban J connectivity index is 1.47. The van der Waals surface area contributed by atoms with E-state index in [4.69, 9.17) is 9.97 Å². The number of piperazine rings is 1. The van der Waals surface area contributed by atoms with Gasteiger partial charge in [0, 0.05) is 55.6 Å². The van der Waals surface area contributed by atoms with Crippen molar-refractivity contribution in [2.75, 3.05) is 31.1 Å². The van der Waals surface area contributed by atoms with E-state index in [9.17, 15) is 0 Å². The molecule has 0 amide bonds. The van der Waals surface area contributed by atoms with Crippen molar-refractivity contribution in [1.29, 1.82) is 0 Å². The van der Waals surface area contributed by atoms with Crippen molar-refractivity contribution < 1.29 is 0 Å². The fraction of sp³-hybridized carbons (Fsp3) is 0.409. The lowest BCUT2D eigenvalue weighted by atomic mass is 10.1. The zero-order valence-electron chi connectivity index (χ0n) is 15.6. The van der Waals surface area contributed by atoms with Gasteiger partial charge in [0.1, 0.15) is 5.82 Å². The Labute approximate surface area is 160 Å². The third-order valence-electron chi connectivity index (χ3n) is 5.96. The highest BCUT2D eigenvalue weighted by Gasteiger charge is 2.27. The van der Waals surface area contributed by atoms with E-state index in [1.54, 1.807) is 6.20 Å². The topological polar surface area (TPSA) is 45.2 Å². The molecule has 2 fully saturated rings. The van der Waals surface area contributed by atoms with Gasteiger partial charge in [0.25, 0.3) is 0 Å². The monoisotopic (exact) mass is 359 g/mol. The molecule has 0 N–H and O–H groups in total. The third kappa shape index (κ3) is 3.28. The molecule has 0 bridgehead atoms. The molecule has 1 saturated carbocycles. The standard InChI is InChI=1S/C22H25N5/c1-2-8-18(7-1)26-12-14-27(15-13-26)22-19-9-3-4-10-20(19)24-21(25-22)17-6-5-11-23-16-17/h3-6,9-11,16,18H,1-2,7-8,12-15H2. The first-order valence-electron chi connectivity index (χ1n) is 10.0. The lowest BCUT2D eigenvalue weighted by Crippen LogP contribution is -2.50. The number of hydrogen-bond acceptors (Lipinski definition) is 5. The van der Waals surface area contributed by atoms with Crippen LogP contribution in [0, 0.1) is 0 Å². The van der Waals surface area contributed by atoms with Crippen molar-refractivity contribution >= 4 is 16.7 Å². The van der Waals surface area contributed by atoms with Crippen molar-refractivity contribution in [2.24, 2.45) is 0 Å². The molecule has 0 atom stereocenters. The van der Waals surface area contributed by atoms with Gasteiger partial charge in [-0.05, 0) is 37.1 Å². The van der Waals surface area contributed by atoms with E-state index in [1.165, 1.54) is 25.7 Å². The number of aromatic nitrogens is 3. The number of rotatable bonds is 3. The fourth-order valence-corrected chi connectivity index (χ4v) is 4.49. The van der Waals surface area contributed by atoms with E-state index < -0.39 is 0 Å². The highest BCUT2D eigenvalue weighted by Crippen LogP contribution is 2.29. The third-order valence-corrected chi connectivity index (χ3v) is 5.96. The Morgan fingerprint density at radius 3 is 2.44 bits per heavy atom. The minimum Gasteiger partial charge on any atom is -0.353 e. The second-order valence-electron chi connectivity index (χ2n) is 7.59. The van der Waals surface area contributed by atoms with Crippen LogP contribution in [0.3, 0.4) is 0 Å². The van der Waals surface area contributed by atoms with Crippen molar-refractivity contribution in [3.8, 4) is 11.4 Å². The average molecular weight is 359 g/mol. The predicted molar refractivity (Wildman–Crippen MR) is 109 cm³/mol. The summed E-state index contributed by atoms with van der Waals surface area (Å²) >= 11 is 0. The first-order valence-corrected chi connectivity index (χ1v) is 10.0. The molecule has 0 unspecified atom stereocenters. The van der Waals surface area contributed by atoms with Crippen LogP contribution in [-0.2, 0) is 0 Å². The number of para-hydroxylation sites is 1. The lowest BCUT2D eigenvalue weighted by molar-refractivity contribution is 0.187. The quantitative estimate of drug-likeness (QED) is 0.712. The molecule has 138 valence electrons. The van der Waals surface area contributed by atoms with Gasteiger partial charge in [0.15, 0.2) is 5.82 Å². The summed E-state index contributed by atoms with van der Waals surface area (Å²) in [5.74, 6) is 1.82. The number of anilines is 1. The molecule has 1 aromatic carbocycles. The average Bonchev–Trinajstić information content (AvgIpc) is 3.29. The zero-order chi connectivity index (χ0) is 18.1. The molecule has 0 spiro atoms. The number of pyridine rings is 1. The Morgan fingerprint density at radius 1 is 0.852 bits per heavy atom. The van der Waals surface area contributed by atoms with Crippen LogP contribution in [-0.4, -0.2) is 52.1 Å². The summed E-state index contributed by atoms with van der Waals surface area (Å²) in [4.78, 5) is 19.1. The van der Waals surface area contributed by atoms with Crippen molar-refractivity contribution in [1.82, 2.24) is 19.9 Å². The van der Waals surface area contributed by atoms with Crippen LogP contribution in [0.1, 0.15) is 25.7 Å². The van der Waals surface area contributed by atoms with Gasteiger partial charge in [-0.2, -0.15) is 0 Å². The summed E-state index contributed by atoms with van der Waals surface area (Å²) in [6.45, 7) is 4.32. The van der Waals surface area contributed by atoms with E-state index in [0.717, 1.165) is 60.3 Å². The molecule has 1 aliphatic heterocycles.